The summed E-state index contributed by atoms with van der Waals surface area (Å²) in [5.41, 5.74) is 0.427. The number of hydrogen-bond acceptors (Lipinski definition) is 6. The van der Waals surface area contributed by atoms with E-state index < -0.39 is 41.6 Å². The van der Waals surface area contributed by atoms with Gasteiger partial charge < -0.3 is 25.0 Å². The SMILES string of the molecule is C#Cc1ccc(C(C(=O)NCC(=O)OC)N(C(=O)C(C)NC(=O)OC(C)(C)C)C2CC2)cc1. The van der Waals surface area contributed by atoms with Crippen LogP contribution in [-0.4, -0.2) is 60.1 Å². The van der Waals surface area contributed by atoms with E-state index in [1.807, 2.05) is 0 Å². The van der Waals surface area contributed by atoms with Gasteiger partial charge in [0.05, 0.1) is 7.11 Å². The summed E-state index contributed by atoms with van der Waals surface area (Å²) in [7, 11) is 1.22. The monoisotopic (exact) mass is 457 g/mol. The number of hydrogen-bond donors (Lipinski definition) is 2. The van der Waals surface area contributed by atoms with Crippen molar-refractivity contribution in [2.45, 2.75) is 64.3 Å². The van der Waals surface area contributed by atoms with E-state index in [4.69, 9.17) is 11.2 Å². The number of terminal acetylenes is 1. The Morgan fingerprint density at radius 2 is 1.79 bits per heavy atom. The zero-order valence-corrected chi connectivity index (χ0v) is 19.6. The molecule has 0 heterocycles. The fourth-order valence-corrected chi connectivity index (χ4v) is 3.17. The lowest BCUT2D eigenvalue weighted by molar-refractivity contribution is -0.145. The Balaban J connectivity index is 2.32. The third-order valence-electron chi connectivity index (χ3n) is 4.85. The average molecular weight is 458 g/mol. The normalized spacial score (nSPS) is 14.8. The van der Waals surface area contributed by atoms with Gasteiger partial charge in [0.25, 0.3) is 0 Å². The molecule has 1 aromatic rings. The summed E-state index contributed by atoms with van der Waals surface area (Å²) in [6.07, 6.45) is 6.13. The molecule has 2 rings (SSSR count). The molecule has 0 bridgehead atoms. The van der Waals surface area contributed by atoms with Crippen LogP contribution in [0.4, 0.5) is 4.79 Å². The number of esters is 1. The molecule has 0 aromatic heterocycles. The Morgan fingerprint density at radius 1 is 1.18 bits per heavy atom. The molecule has 2 N–H and O–H groups in total. The Kier molecular flexibility index (Phi) is 8.46. The van der Waals surface area contributed by atoms with Crippen molar-refractivity contribution in [1.29, 1.82) is 0 Å². The van der Waals surface area contributed by atoms with Crippen LogP contribution in [-0.2, 0) is 23.9 Å². The molecule has 1 aliphatic rings. The highest BCUT2D eigenvalue weighted by molar-refractivity contribution is 5.93. The molecule has 178 valence electrons. The Labute approximate surface area is 194 Å². The molecule has 1 aromatic carbocycles. The van der Waals surface area contributed by atoms with Gasteiger partial charge in [-0.1, -0.05) is 18.1 Å². The standard InChI is InChI=1S/C24H31N3O6/c1-7-16-8-10-17(11-9-16)20(21(29)25-14-19(28)32-6)27(18-12-13-18)22(30)15(2)26-23(31)33-24(3,4)5/h1,8-11,15,18,20H,12-14H2,2-6H3,(H,25,29)(H,26,31). The van der Waals surface area contributed by atoms with Gasteiger partial charge in [0, 0.05) is 11.6 Å². The van der Waals surface area contributed by atoms with Crippen LogP contribution in [0.5, 0.6) is 0 Å². The summed E-state index contributed by atoms with van der Waals surface area (Å²) in [6.45, 7) is 6.35. The van der Waals surface area contributed by atoms with E-state index in [1.165, 1.54) is 18.9 Å². The van der Waals surface area contributed by atoms with Gasteiger partial charge in [-0.3, -0.25) is 14.4 Å². The number of amides is 3. The Bertz CT molecular complexity index is 925. The maximum atomic E-state index is 13.4. The van der Waals surface area contributed by atoms with E-state index in [2.05, 4.69) is 21.3 Å². The average Bonchev–Trinajstić information content (AvgIpc) is 3.58. The molecule has 3 amide bonds. The number of carbonyl (C=O) groups is 4. The lowest BCUT2D eigenvalue weighted by Crippen LogP contribution is -2.53. The molecule has 2 atom stereocenters. The highest BCUT2D eigenvalue weighted by Crippen LogP contribution is 2.35. The summed E-state index contributed by atoms with van der Waals surface area (Å²) >= 11 is 0. The van der Waals surface area contributed by atoms with Crippen LogP contribution in [0.15, 0.2) is 24.3 Å². The van der Waals surface area contributed by atoms with E-state index in [0.717, 1.165) is 0 Å². The fraction of sp³-hybridized carbons (Fsp3) is 0.500. The van der Waals surface area contributed by atoms with Gasteiger partial charge in [0.2, 0.25) is 11.8 Å². The van der Waals surface area contributed by atoms with Crippen LogP contribution < -0.4 is 10.6 Å². The summed E-state index contributed by atoms with van der Waals surface area (Å²) in [4.78, 5) is 51.8. The van der Waals surface area contributed by atoms with E-state index in [0.29, 0.717) is 24.0 Å². The summed E-state index contributed by atoms with van der Waals surface area (Å²) in [5.74, 6) is 0.910. The molecule has 9 heteroatoms. The summed E-state index contributed by atoms with van der Waals surface area (Å²) in [6, 6.07) is 4.55. The first-order valence-electron chi connectivity index (χ1n) is 10.7. The minimum absolute atomic E-state index is 0.179. The van der Waals surface area contributed by atoms with Crippen LogP contribution in [0, 0.1) is 12.3 Å². The van der Waals surface area contributed by atoms with Crippen molar-refractivity contribution in [1.82, 2.24) is 15.5 Å². The highest BCUT2D eigenvalue weighted by atomic mass is 16.6. The maximum absolute atomic E-state index is 13.4. The number of rotatable bonds is 8. The van der Waals surface area contributed by atoms with Gasteiger partial charge in [-0.05, 0) is 58.2 Å². The molecule has 0 radical (unpaired) electrons. The predicted octanol–water partition coefficient (Wildman–Crippen LogP) is 1.90. The maximum Gasteiger partial charge on any atom is 0.408 e. The third kappa shape index (κ3) is 7.52. The van der Waals surface area contributed by atoms with Crippen molar-refractivity contribution in [2.24, 2.45) is 0 Å². The summed E-state index contributed by atoms with van der Waals surface area (Å²) in [5, 5.41) is 5.07. The van der Waals surface area contributed by atoms with Gasteiger partial charge in [-0.2, -0.15) is 0 Å². The number of benzene rings is 1. The van der Waals surface area contributed by atoms with E-state index in [9.17, 15) is 19.2 Å². The van der Waals surface area contributed by atoms with Gasteiger partial charge in [0.15, 0.2) is 0 Å². The lowest BCUT2D eigenvalue weighted by Gasteiger charge is -2.33. The predicted molar refractivity (Wildman–Crippen MR) is 121 cm³/mol. The third-order valence-corrected chi connectivity index (χ3v) is 4.85. The van der Waals surface area contributed by atoms with E-state index in [1.54, 1.807) is 45.0 Å². The van der Waals surface area contributed by atoms with Crippen molar-refractivity contribution >= 4 is 23.9 Å². The number of nitrogens with zero attached hydrogens (tertiary/aromatic N) is 1. The van der Waals surface area contributed by atoms with Crippen LogP contribution >= 0.6 is 0 Å². The molecule has 9 nitrogen and oxygen atoms in total. The smallest absolute Gasteiger partial charge is 0.408 e. The van der Waals surface area contributed by atoms with Crippen molar-refractivity contribution in [3.63, 3.8) is 0 Å². The largest absolute Gasteiger partial charge is 0.468 e. The van der Waals surface area contributed by atoms with Crippen LogP contribution in [0.3, 0.4) is 0 Å². The van der Waals surface area contributed by atoms with Crippen molar-refractivity contribution in [2.75, 3.05) is 13.7 Å². The molecule has 1 saturated carbocycles. The first kappa shape index (κ1) is 25.7. The number of nitrogens with one attached hydrogen (secondary N) is 2. The second-order valence-electron chi connectivity index (χ2n) is 8.81. The Hall–Kier alpha value is -3.54. The molecule has 1 fully saturated rings. The zero-order chi connectivity index (χ0) is 24.8. The van der Waals surface area contributed by atoms with Gasteiger partial charge in [-0.25, -0.2) is 4.79 Å². The van der Waals surface area contributed by atoms with Crippen LogP contribution in [0.2, 0.25) is 0 Å². The molecule has 0 spiro atoms. The van der Waals surface area contributed by atoms with Crippen LogP contribution in [0.25, 0.3) is 0 Å². The van der Waals surface area contributed by atoms with E-state index >= 15 is 0 Å². The van der Waals surface area contributed by atoms with Crippen molar-refractivity contribution in [3.05, 3.63) is 35.4 Å². The highest BCUT2D eigenvalue weighted by Gasteiger charge is 2.43. The molecule has 33 heavy (non-hydrogen) atoms. The Morgan fingerprint density at radius 3 is 2.27 bits per heavy atom. The minimum atomic E-state index is -1.02. The molecule has 0 saturated heterocycles. The minimum Gasteiger partial charge on any atom is -0.468 e. The quantitative estimate of drug-likeness (QED) is 0.455. The first-order chi connectivity index (χ1) is 15.5. The molecular weight excluding hydrogens is 426 g/mol. The second kappa shape index (κ2) is 10.9. The van der Waals surface area contributed by atoms with Crippen molar-refractivity contribution < 1.29 is 28.7 Å². The number of alkyl carbamates (subject to hydrolysis) is 1. The molecule has 0 aliphatic heterocycles. The molecule has 1 aliphatic carbocycles. The number of ether oxygens (including phenoxy) is 2. The van der Waals surface area contributed by atoms with Gasteiger partial charge in [-0.15, -0.1) is 6.42 Å². The number of carbonyl (C=O) groups excluding carboxylic acids is 4. The topological polar surface area (TPSA) is 114 Å². The zero-order valence-electron chi connectivity index (χ0n) is 19.6. The summed E-state index contributed by atoms with van der Waals surface area (Å²) < 4.78 is 9.83. The molecule has 2 unspecified atom stereocenters. The lowest BCUT2D eigenvalue weighted by atomic mass is 10.0. The van der Waals surface area contributed by atoms with Gasteiger partial charge >= 0.3 is 12.1 Å². The number of methoxy groups -OCH3 is 1. The van der Waals surface area contributed by atoms with Gasteiger partial charge in [0.1, 0.15) is 24.2 Å². The fourth-order valence-electron chi connectivity index (χ4n) is 3.17. The van der Waals surface area contributed by atoms with Crippen LogP contribution in [0.1, 0.15) is 57.7 Å². The first-order valence-corrected chi connectivity index (χ1v) is 10.7. The molecular formula is C24H31N3O6. The second-order valence-corrected chi connectivity index (χ2v) is 8.81. The van der Waals surface area contributed by atoms with Crippen molar-refractivity contribution in [3.8, 4) is 12.3 Å². The van der Waals surface area contributed by atoms with E-state index in [-0.39, 0.29) is 12.6 Å².